The summed E-state index contributed by atoms with van der Waals surface area (Å²) in [5.41, 5.74) is 3.50. The first-order chi connectivity index (χ1) is 11.1. The highest BCUT2D eigenvalue weighted by Crippen LogP contribution is 2.32. The van der Waals surface area contributed by atoms with Gasteiger partial charge in [-0.25, -0.2) is 4.79 Å². The maximum atomic E-state index is 11.6. The Morgan fingerprint density at radius 2 is 1.78 bits per heavy atom. The number of hydrogen-bond acceptors (Lipinski definition) is 2. The van der Waals surface area contributed by atoms with Crippen LogP contribution in [0.4, 0.5) is 10.5 Å². The minimum Gasteiger partial charge on any atom is -0.457 e. The van der Waals surface area contributed by atoms with Gasteiger partial charge in [0.15, 0.2) is 0 Å². The van der Waals surface area contributed by atoms with Crippen molar-refractivity contribution >= 4 is 11.7 Å². The second kappa shape index (κ2) is 6.73. The van der Waals surface area contributed by atoms with Crippen LogP contribution in [0.3, 0.4) is 0 Å². The molecule has 2 aromatic rings. The van der Waals surface area contributed by atoms with E-state index in [0.29, 0.717) is 0 Å². The molecule has 3 rings (SSSR count). The number of amides is 2. The quantitative estimate of drug-likeness (QED) is 0.910. The SMILES string of the molecule is CN(C)C(=O)Nc1ccc(Oc2cccc3c2CCCC3)cc1. The van der Waals surface area contributed by atoms with Gasteiger partial charge in [0.05, 0.1) is 0 Å². The van der Waals surface area contributed by atoms with Crippen LogP contribution in [0.1, 0.15) is 24.0 Å². The largest absolute Gasteiger partial charge is 0.457 e. The zero-order valence-corrected chi connectivity index (χ0v) is 13.6. The summed E-state index contributed by atoms with van der Waals surface area (Å²) in [6.45, 7) is 0. The number of benzene rings is 2. The first-order valence-electron chi connectivity index (χ1n) is 8.00. The number of rotatable bonds is 3. The van der Waals surface area contributed by atoms with Gasteiger partial charge in [-0.2, -0.15) is 0 Å². The first-order valence-corrected chi connectivity index (χ1v) is 8.00. The minimum atomic E-state index is -0.143. The van der Waals surface area contributed by atoms with E-state index in [9.17, 15) is 4.79 Å². The molecule has 1 N–H and O–H groups in total. The van der Waals surface area contributed by atoms with Crippen molar-refractivity contribution in [3.63, 3.8) is 0 Å². The Hall–Kier alpha value is -2.49. The second-order valence-electron chi connectivity index (χ2n) is 6.05. The molecule has 0 spiro atoms. The fourth-order valence-corrected chi connectivity index (χ4v) is 2.81. The van der Waals surface area contributed by atoms with Crippen LogP contribution in [-0.4, -0.2) is 25.0 Å². The summed E-state index contributed by atoms with van der Waals surface area (Å²) in [4.78, 5) is 13.1. The molecule has 0 unspecified atom stereocenters. The number of hydrogen-bond donors (Lipinski definition) is 1. The van der Waals surface area contributed by atoms with Crippen molar-refractivity contribution in [1.82, 2.24) is 4.90 Å². The molecular formula is C19H22N2O2. The molecule has 1 aliphatic carbocycles. The monoisotopic (exact) mass is 310 g/mol. The summed E-state index contributed by atoms with van der Waals surface area (Å²) in [7, 11) is 3.43. The van der Waals surface area contributed by atoms with Gasteiger partial charge in [0.1, 0.15) is 11.5 Å². The molecule has 23 heavy (non-hydrogen) atoms. The average molecular weight is 310 g/mol. The topological polar surface area (TPSA) is 41.6 Å². The van der Waals surface area contributed by atoms with E-state index in [0.717, 1.165) is 30.0 Å². The number of urea groups is 1. The number of carbonyl (C=O) groups excluding carboxylic acids is 1. The Labute approximate surface area is 137 Å². The van der Waals surface area contributed by atoms with Crippen molar-refractivity contribution in [3.8, 4) is 11.5 Å². The lowest BCUT2D eigenvalue weighted by Gasteiger charge is -2.19. The van der Waals surface area contributed by atoms with E-state index >= 15 is 0 Å². The van der Waals surface area contributed by atoms with Crippen LogP contribution in [0.15, 0.2) is 42.5 Å². The van der Waals surface area contributed by atoms with E-state index < -0.39 is 0 Å². The van der Waals surface area contributed by atoms with Crippen molar-refractivity contribution in [3.05, 3.63) is 53.6 Å². The smallest absolute Gasteiger partial charge is 0.321 e. The van der Waals surface area contributed by atoms with E-state index in [1.807, 2.05) is 30.3 Å². The maximum absolute atomic E-state index is 11.6. The highest BCUT2D eigenvalue weighted by molar-refractivity contribution is 5.88. The fraction of sp³-hybridized carbons (Fsp3) is 0.316. The van der Waals surface area contributed by atoms with Crippen LogP contribution in [0.5, 0.6) is 11.5 Å². The molecule has 2 amide bonds. The van der Waals surface area contributed by atoms with Gasteiger partial charge < -0.3 is 15.0 Å². The number of aryl methyl sites for hydroxylation is 1. The number of fused-ring (bicyclic) bond motifs is 1. The standard InChI is InChI=1S/C19H22N2O2/c1-21(2)19(22)20-15-10-12-16(13-11-15)23-18-9-5-7-14-6-3-4-8-17(14)18/h5,7,9-13H,3-4,6,8H2,1-2H3,(H,20,22). The third-order valence-corrected chi connectivity index (χ3v) is 4.09. The van der Waals surface area contributed by atoms with Gasteiger partial charge in [-0.3, -0.25) is 0 Å². The fourth-order valence-electron chi connectivity index (χ4n) is 2.81. The summed E-state index contributed by atoms with van der Waals surface area (Å²) in [5, 5.41) is 2.81. The Bertz CT molecular complexity index is 693. The molecular weight excluding hydrogens is 288 g/mol. The van der Waals surface area contributed by atoms with E-state index in [2.05, 4.69) is 17.4 Å². The molecule has 0 heterocycles. The number of ether oxygens (including phenoxy) is 1. The van der Waals surface area contributed by atoms with Crippen LogP contribution in [0, 0.1) is 0 Å². The Balaban J connectivity index is 1.73. The molecule has 120 valence electrons. The van der Waals surface area contributed by atoms with Crippen LogP contribution < -0.4 is 10.1 Å². The molecule has 0 aromatic heterocycles. The Morgan fingerprint density at radius 1 is 1.04 bits per heavy atom. The van der Waals surface area contributed by atoms with Crippen LogP contribution in [0.2, 0.25) is 0 Å². The van der Waals surface area contributed by atoms with Gasteiger partial charge in [-0.05, 0) is 67.1 Å². The van der Waals surface area contributed by atoms with E-state index in [-0.39, 0.29) is 6.03 Å². The van der Waals surface area contributed by atoms with E-state index in [1.165, 1.54) is 28.9 Å². The average Bonchev–Trinajstić information content (AvgIpc) is 2.57. The molecule has 0 fully saturated rings. The molecule has 0 radical (unpaired) electrons. The molecule has 0 saturated heterocycles. The molecule has 4 nitrogen and oxygen atoms in total. The lowest BCUT2D eigenvalue weighted by molar-refractivity contribution is 0.230. The van der Waals surface area contributed by atoms with E-state index in [1.54, 1.807) is 14.1 Å². The van der Waals surface area contributed by atoms with Gasteiger partial charge >= 0.3 is 6.03 Å². The molecule has 4 heteroatoms. The lowest BCUT2D eigenvalue weighted by atomic mass is 9.91. The molecule has 0 atom stereocenters. The van der Waals surface area contributed by atoms with Crippen molar-refractivity contribution in [1.29, 1.82) is 0 Å². The number of nitrogens with zero attached hydrogens (tertiary/aromatic N) is 1. The normalized spacial score (nSPS) is 13.1. The lowest BCUT2D eigenvalue weighted by Crippen LogP contribution is -2.27. The predicted octanol–water partition coefficient (Wildman–Crippen LogP) is 4.45. The Kier molecular flexibility index (Phi) is 4.51. The third-order valence-electron chi connectivity index (χ3n) is 4.09. The third kappa shape index (κ3) is 3.65. The van der Waals surface area contributed by atoms with Gasteiger partial charge in [0, 0.05) is 19.8 Å². The first kappa shape index (κ1) is 15.4. The zero-order valence-electron chi connectivity index (χ0n) is 13.6. The van der Waals surface area contributed by atoms with Crippen LogP contribution in [-0.2, 0) is 12.8 Å². The van der Waals surface area contributed by atoms with Crippen LogP contribution >= 0.6 is 0 Å². The predicted molar refractivity (Wildman–Crippen MR) is 92.3 cm³/mol. The van der Waals surface area contributed by atoms with Crippen molar-refractivity contribution < 1.29 is 9.53 Å². The Morgan fingerprint density at radius 3 is 2.52 bits per heavy atom. The number of carbonyl (C=O) groups is 1. The van der Waals surface area contributed by atoms with Gasteiger partial charge in [0.2, 0.25) is 0 Å². The highest BCUT2D eigenvalue weighted by atomic mass is 16.5. The molecule has 2 aromatic carbocycles. The van der Waals surface area contributed by atoms with Crippen molar-refractivity contribution in [2.45, 2.75) is 25.7 Å². The second-order valence-corrected chi connectivity index (χ2v) is 6.05. The minimum absolute atomic E-state index is 0.143. The van der Waals surface area contributed by atoms with Gasteiger partial charge in [0.25, 0.3) is 0 Å². The van der Waals surface area contributed by atoms with Crippen LogP contribution in [0.25, 0.3) is 0 Å². The highest BCUT2D eigenvalue weighted by Gasteiger charge is 2.14. The molecule has 0 bridgehead atoms. The summed E-state index contributed by atoms with van der Waals surface area (Å²) in [5.74, 6) is 1.74. The maximum Gasteiger partial charge on any atom is 0.321 e. The molecule has 0 saturated carbocycles. The van der Waals surface area contributed by atoms with Crippen molar-refractivity contribution in [2.24, 2.45) is 0 Å². The summed E-state index contributed by atoms with van der Waals surface area (Å²) < 4.78 is 6.06. The molecule has 1 aliphatic rings. The zero-order chi connectivity index (χ0) is 16.2. The number of anilines is 1. The van der Waals surface area contributed by atoms with Crippen molar-refractivity contribution in [2.75, 3.05) is 19.4 Å². The summed E-state index contributed by atoms with van der Waals surface area (Å²) in [6, 6.07) is 13.6. The summed E-state index contributed by atoms with van der Waals surface area (Å²) >= 11 is 0. The number of nitrogens with one attached hydrogen (secondary N) is 1. The van der Waals surface area contributed by atoms with E-state index in [4.69, 9.17) is 4.74 Å². The summed E-state index contributed by atoms with van der Waals surface area (Å²) in [6.07, 6.45) is 4.71. The molecule has 0 aliphatic heterocycles. The van der Waals surface area contributed by atoms with Gasteiger partial charge in [-0.1, -0.05) is 12.1 Å². The van der Waals surface area contributed by atoms with Gasteiger partial charge in [-0.15, -0.1) is 0 Å².